The molecule has 0 bridgehead atoms. The van der Waals surface area contributed by atoms with Gasteiger partial charge in [-0.3, -0.25) is 10.1 Å². The lowest BCUT2D eigenvalue weighted by molar-refractivity contribution is -0.384. The highest BCUT2D eigenvalue weighted by molar-refractivity contribution is 6.01. The summed E-state index contributed by atoms with van der Waals surface area (Å²) < 4.78 is 0. The molecule has 0 radical (unpaired) electrons. The van der Waals surface area contributed by atoms with Crippen LogP contribution < -0.4 is 20.4 Å². The van der Waals surface area contributed by atoms with Gasteiger partial charge in [0, 0.05) is 133 Å². The number of anilines is 4. The molecule has 3 heterocycles. The Morgan fingerprint density at radius 1 is 0.347 bits per heavy atom. The van der Waals surface area contributed by atoms with Crippen LogP contribution in [0.1, 0.15) is 94.2 Å². The molecule has 9 aromatic rings. The van der Waals surface area contributed by atoms with Gasteiger partial charge in [-0.05, 0) is 211 Å². The van der Waals surface area contributed by atoms with Crippen LogP contribution >= 0.6 is 0 Å². The maximum Gasteiger partial charge on any atom is 0.269 e. The second-order valence-electron chi connectivity index (χ2n) is 25.9. The Hall–Kier alpha value is -9.44. The first-order valence-electron chi connectivity index (χ1n) is 34.9. The second kappa shape index (κ2) is 36.2. The smallest absolute Gasteiger partial charge is 0.269 e. The Labute approximate surface area is 581 Å². The number of rotatable bonds is 22. The van der Waals surface area contributed by atoms with Gasteiger partial charge < -0.3 is 50.5 Å². The molecule has 508 valence electrons. The lowest BCUT2D eigenvalue weighted by atomic mass is 9.87. The number of hydrogen-bond acceptors (Lipinski definition) is 12. The van der Waals surface area contributed by atoms with Crippen LogP contribution in [-0.2, 0) is 0 Å². The van der Waals surface area contributed by atoms with E-state index in [1.807, 2.05) is 48.5 Å². The quantitative estimate of drug-likeness (QED) is 0.0221. The largest absolute Gasteiger partial charge is 0.399 e. The number of piperazine rings is 3. The van der Waals surface area contributed by atoms with Crippen LogP contribution in [0.2, 0.25) is 0 Å². The van der Waals surface area contributed by atoms with E-state index in [1.54, 1.807) is 12.1 Å². The normalized spacial score (nSPS) is 15.4. The average Bonchev–Trinajstić information content (AvgIpc) is 0.811. The van der Waals surface area contributed by atoms with Crippen molar-refractivity contribution >= 4 is 61.9 Å². The average molecular weight is 1310 g/mol. The minimum atomic E-state index is -0.373. The monoisotopic (exact) mass is 1310 g/mol. The minimum Gasteiger partial charge on any atom is -0.399 e. The molecule has 0 aromatic heterocycles. The number of nitrogens with two attached hydrogens (primary N) is 1. The first-order chi connectivity index (χ1) is 47.9. The third-order valence-electron chi connectivity index (χ3n) is 19.0. The fourth-order valence-electron chi connectivity index (χ4n) is 13.3. The van der Waals surface area contributed by atoms with E-state index in [-0.39, 0.29) is 30.4 Å². The summed E-state index contributed by atoms with van der Waals surface area (Å²) in [6.07, 6.45) is 4.46. The molecule has 5 N–H and O–H groups in total. The Morgan fingerprint density at radius 3 is 0.847 bits per heavy atom. The molecule has 3 saturated heterocycles. The number of allylic oxidation sites excluding steroid dienone is 3. The molecule has 0 aliphatic carbocycles. The molecule has 3 aliphatic rings. The number of benzene rings is 9. The van der Waals surface area contributed by atoms with Gasteiger partial charge in [0.05, 0.1) is 4.92 Å². The number of nitro benzene ring substituents is 1. The predicted octanol–water partition coefficient (Wildman–Crippen LogP) is 15.3. The van der Waals surface area contributed by atoms with Gasteiger partial charge in [0.2, 0.25) is 0 Å². The van der Waals surface area contributed by atoms with Gasteiger partial charge in [-0.2, -0.15) is 0 Å². The zero-order valence-electron chi connectivity index (χ0n) is 57.7. The third kappa shape index (κ3) is 19.4. The van der Waals surface area contributed by atoms with Crippen LogP contribution in [0.5, 0.6) is 0 Å². The molecule has 0 unspecified atom stereocenters. The third-order valence-corrected chi connectivity index (χ3v) is 19.0. The molecular weight excluding hydrogens is 1210 g/mol. The molecule has 12 rings (SSSR count). The van der Waals surface area contributed by atoms with E-state index in [9.17, 15) is 25.4 Å². The molecule has 3 fully saturated rings. The number of aryl methyl sites for hydroxylation is 1. The zero-order chi connectivity index (χ0) is 68.6. The molecule has 0 saturated carbocycles. The number of non-ortho nitro benzene ring substituents is 1. The first kappa shape index (κ1) is 71.3. The van der Waals surface area contributed by atoms with Crippen LogP contribution in [0.15, 0.2) is 237 Å². The highest BCUT2D eigenvalue weighted by atomic mass is 16.6. The minimum absolute atomic E-state index is 0.0742. The Morgan fingerprint density at radius 2 is 0.592 bits per heavy atom. The number of nitrogen functional groups attached to an aromatic ring is 1. The molecule has 13 heteroatoms. The molecule has 9 aromatic carbocycles. The van der Waals surface area contributed by atoms with E-state index in [0.29, 0.717) is 12.8 Å². The van der Waals surface area contributed by atoms with E-state index in [0.717, 1.165) is 143 Å². The van der Waals surface area contributed by atoms with Gasteiger partial charge in [-0.1, -0.05) is 169 Å². The molecule has 3 aliphatic heterocycles. The molecule has 0 spiro atoms. The van der Waals surface area contributed by atoms with Crippen molar-refractivity contribution in [3.8, 4) is 0 Å². The van der Waals surface area contributed by atoms with Crippen molar-refractivity contribution in [3.05, 3.63) is 302 Å². The first-order valence-corrected chi connectivity index (χ1v) is 34.9. The SMILES string of the molecule is CN1CCN(c2ccc(/C(=C(/CCCO)c3ccccc3)c3ccc(N)cc3)cc2)CC1.CN1CCN(c2ccc(/C(=C(/CCCO)c3ccccc3)c3ccc([N+](=O)[O-])cc3)cc2)CC1.Cc1ccc(/C(=C(\CCCO)c2ccccc2)c2ccc(N3CCN(C)CC3)cc2)cc1. The predicted molar refractivity (Wildman–Crippen MR) is 410 cm³/mol. The van der Waals surface area contributed by atoms with E-state index in [1.165, 1.54) is 72.7 Å². The Kier molecular flexibility index (Phi) is 26.4. The van der Waals surface area contributed by atoms with Crippen molar-refractivity contribution in [1.82, 2.24) is 14.7 Å². The number of aliphatic hydroxyl groups is 3. The Balaban J connectivity index is 0.000000159. The van der Waals surface area contributed by atoms with Gasteiger partial charge in [0.25, 0.3) is 5.69 Å². The lowest BCUT2D eigenvalue weighted by Crippen LogP contribution is -2.44. The van der Waals surface area contributed by atoms with Crippen molar-refractivity contribution in [3.63, 3.8) is 0 Å². The molecule has 98 heavy (non-hydrogen) atoms. The number of hydrogen-bond donors (Lipinski definition) is 4. The number of likely N-dealkylation sites (N-methyl/N-ethyl adjacent to an activating group) is 3. The number of nitrogens with zero attached hydrogens (tertiary/aromatic N) is 7. The van der Waals surface area contributed by atoms with Crippen molar-refractivity contribution < 1.29 is 20.2 Å². The highest BCUT2D eigenvalue weighted by Crippen LogP contribution is 2.40. The van der Waals surface area contributed by atoms with E-state index >= 15 is 0 Å². The zero-order valence-corrected chi connectivity index (χ0v) is 57.7. The van der Waals surface area contributed by atoms with Crippen molar-refractivity contribution in [2.45, 2.75) is 45.4 Å². The number of aliphatic hydroxyl groups excluding tert-OH is 3. The summed E-state index contributed by atoms with van der Waals surface area (Å²) in [7, 11) is 6.53. The van der Waals surface area contributed by atoms with Gasteiger partial charge in [0.15, 0.2) is 0 Å². The fourth-order valence-corrected chi connectivity index (χ4v) is 13.3. The van der Waals surface area contributed by atoms with Crippen molar-refractivity contribution in [2.24, 2.45) is 0 Å². The van der Waals surface area contributed by atoms with Gasteiger partial charge in [0.1, 0.15) is 0 Å². The lowest BCUT2D eigenvalue weighted by Gasteiger charge is -2.34. The van der Waals surface area contributed by atoms with Crippen LogP contribution in [0, 0.1) is 17.0 Å². The van der Waals surface area contributed by atoms with Gasteiger partial charge in [-0.25, -0.2) is 0 Å². The number of nitro groups is 1. The summed E-state index contributed by atoms with van der Waals surface area (Å²) >= 11 is 0. The van der Waals surface area contributed by atoms with Crippen LogP contribution in [0.25, 0.3) is 33.4 Å². The molecule has 0 atom stereocenters. The molecular formula is C85H98N8O5. The van der Waals surface area contributed by atoms with E-state index in [2.05, 4.69) is 233 Å². The summed E-state index contributed by atoms with van der Waals surface area (Å²) in [6.45, 7) is 15.4. The topological polar surface area (TPSA) is 149 Å². The van der Waals surface area contributed by atoms with Crippen molar-refractivity contribution in [2.75, 3.05) is 140 Å². The summed E-state index contributed by atoms with van der Waals surface area (Å²) in [6, 6.07) is 81.6. The van der Waals surface area contributed by atoms with Crippen LogP contribution in [-0.4, -0.2) is 154 Å². The summed E-state index contributed by atoms with van der Waals surface area (Å²) in [5.74, 6) is 0. The summed E-state index contributed by atoms with van der Waals surface area (Å²) in [5.41, 5.74) is 29.3. The van der Waals surface area contributed by atoms with Crippen LogP contribution in [0.4, 0.5) is 28.4 Å². The van der Waals surface area contributed by atoms with Crippen molar-refractivity contribution in [1.29, 1.82) is 0 Å². The maximum absolute atomic E-state index is 11.2. The van der Waals surface area contributed by atoms with Gasteiger partial charge >= 0.3 is 0 Å². The Bertz CT molecular complexity index is 3820. The molecule has 13 nitrogen and oxygen atoms in total. The standard InChI is InChI=1S/C29H34N2O.C28H31N3O3.C28H33N3O/c1-23-10-12-25(13-11-23)29(28(9-6-22-32)24-7-4-3-5-8-24)26-14-16-27(17-15-26)31-20-18-30(2)19-21-31;1-29-17-19-30(20-18-29)25-13-9-23(10-14-25)28(24-11-15-26(16-12-24)31(33)34)27(8-5-21-32)22-6-3-2-4-7-22;1-30-17-19-31(20-18-30)26-15-11-24(12-16-26)28(23-9-13-25(29)14-10-23)27(8-5-21-32)22-6-3-2-4-7-22/h3-5,7-8,10-17,32H,6,9,18-22H2,1-2H3;2-4,6-7,9-16,32H,5,8,17-21H2,1H3;2-4,6-7,9-16,32H,5,8,17-21,29H2,1H3/b29-28-;28-27+;28-27-. The maximum atomic E-state index is 11.2. The van der Waals surface area contributed by atoms with Gasteiger partial charge in [-0.15, -0.1) is 0 Å². The second-order valence-corrected chi connectivity index (χ2v) is 25.9. The van der Waals surface area contributed by atoms with Crippen LogP contribution in [0.3, 0.4) is 0 Å². The highest BCUT2D eigenvalue weighted by Gasteiger charge is 2.22. The molecule has 0 amide bonds. The summed E-state index contributed by atoms with van der Waals surface area (Å²) in [5, 5.41) is 40.0. The fraction of sp³-hybridized carbons (Fsp3) is 0.294. The van der Waals surface area contributed by atoms with E-state index in [4.69, 9.17) is 5.73 Å². The summed E-state index contributed by atoms with van der Waals surface area (Å²) in [4.78, 5) is 25.3. The van der Waals surface area contributed by atoms with E-state index < -0.39 is 0 Å².